The number of nitrogens with zero attached hydrogens (tertiary/aromatic N) is 2. The normalized spacial score (nSPS) is 16.7. The number of halogens is 1. The van der Waals surface area contributed by atoms with Crippen LogP contribution in [0.1, 0.15) is 39.3 Å². The van der Waals surface area contributed by atoms with Crippen molar-refractivity contribution in [1.82, 2.24) is 9.55 Å². The van der Waals surface area contributed by atoms with Crippen LogP contribution in [-0.2, 0) is 9.53 Å². The minimum absolute atomic E-state index is 0.325. The minimum atomic E-state index is -0.577. The van der Waals surface area contributed by atoms with Crippen LogP contribution < -0.4 is 5.32 Å². The van der Waals surface area contributed by atoms with E-state index in [2.05, 4.69) is 21.2 Å². The first-order valence-corrected chi connectivity index (χ1v) is 9.98. The fourth-order valence-corrected chi connectivity index (χ4v) is 3.76. The Balaban J connectivity index is 1.91. The molecule has 1 unspecified atom stereocenters. The Bertz CT molecular complexity index is 1090. The molecule has 1 atom stereocenters. The maximum Gasteiger partial charge on any atom is 0.338 e. The van der Waals surface area contributed by atoms with Crippen LogP contribution in [0.5, 0.6) is 0 Å². The van der Waals surface area contributed by atoms with Crippen LogP contribution in [0, 0.1) is 0 Å². The summed E-state index contributed by atoms with van der Waals surface area (Å²) in [7, 11) is 0. The minimum Gasteiger partial charge on any atom is -0.456 e. The number of carbonyl (C=O) groups excluding carboxylic acids is 1. The molecule has 6 heteroatoms. The number of ether oxygens (including phenoxy) is 1. The fraction of sp³-hybridized carbons (Fsp3) is 0.273. The van der Waals surface area contributed by atoms with Gasteiger partial charge in [-0.25, -0.2) is 9.78 Å². The van der Waals surface area contributed by atoms with Crippen molar-refractivity contribution >= 4 is 44.6 Å². The second kappa shape index (κ2) is 6.78. The average molecular weight is 440 g/mol. The molecule has 0 saturated carbocycles. The number of hydrogen-bond donors (Lipinski definition) is 1. The third kappa shape index (κ3) is 3.33. The summed E-state index contributed by atoms with van der Waals surface area (Å²) in [6.07, 6.45) is 0. The molecule has 0 spiro atoms. The van der Waals surface area contributed by atoms with Gasteiger partial charge in [0.05, 0.1) is 22.6 Å². The van der Waals surface area contributed by atoms with E-state index in [4.69, 9.17) is 9.72 Å². The predicted octanol–water partition coefficient (Wildman–Crippen LogP) is 5.54. The molecule has 4 rings (SSSR count). The van der Waals surface area contributed by atoms with Crippen LogP contribution in [0.3, 0.4) is 0 Å². The predicted molar refractivity (Wildman–Crippen MR) is 115 cm³/mol. The number of aromatic nitrogens is 2. The van der Waals surface area contributed by atoms with E-state index in [0.717, 1.165) is 32.7 Å². The van der Waals surface area contributed by atoms with E-state index >= 15 is 0 Å². The van der Waals surface area contributed by atoms with Crippen molar-refractivity contribution in [3.8, 4) is 0 Å². The quantitative estimate of drug-likeness (QED) is 0.532. The highest BCUT2D eigenvalue weighted by Gasteiger charge is 2.35. The van der Waals surface area contributed by atoms with Crippen LogP contribution in [0.2, 0.25) is 0 Å². The van der Waals surface area contributed by atoms with Crippen LogP contribution >= 0.6 is 15.9 Å². The van der Waals surface area contributed by atoms with Crippen LogP contribution in [0.25, 0.3) is 16.7 Å². The Morgan fingerprint density at radius 1 is 1.14 bits per heavy atom. The Morgan fingerprint density at radius 2 is 1.82 bits per heavy atom. The summed E-state index contributed by atoms with van der Waals surface area (Å²) in [5, 5.41) is 3.45. The number of fused-ring (bicyclic) bond motifs is 3. The van der Waals surface area contributed by atoms with Gasteiger partial charge in [-0.1, -0.05) is 40.2 Å². The molecular weight excluding hydrogens is 418 g/mol. The summed E-state index contributed by atoms with van der Waals surface area (Å²) in [5.74, 6) is 0.396. The lowest BCUT2D eigenvalue weighted by molar-refractivity contribution is -0.150. The molecule has 0 saturated heterocycles. The summed E-state index contributed by atoms with van der Waals surface area (Å²) in [5.41, 5.74) is 3.65. The molecule has 1 aliphatic rings. The average Bonchev–Trinajstić information content (AvgIpc) is 2.99. The number of benzene rings is 2. The first-order valence-electron chi connectivity index (χ1n) is 9.18. The van der Waals surface area contributed by atoms with Gasteiger partial charge in [-0.2, -0.15) is 0 Å². The van der Waals surface area contributed by atoms with E-state index in [-0.39, 0.29) is 12.0 Å². The highest BCUT2D eigenvalue weighted by Crippen LogP contribution is 2.39. The second-order valence-corrected chi connectivity index (χ2v) is 8.81. The van der Waals surface area contributed by atoms with Crippen LogP contribution in [0.15, 0.2) is 58.6 Å². The Hall–Kier alpha value is -2.60. The number of allylic oxidation sites excluding steroid dienone is 1. The number of hydrogen-bond acceptors (Lipinski definition) is 4. The maximum absolute atomic E-state index is 13.2. The van der Waals surface area contributed by atoms with Gasteiger partial charge in [0.25, 0.3) is 0 Å². The zero-order chi connectivity index (χ0) is 20.1. The van der Waals surface area contributed by atoms with Gasteiger partial charge >= 0.3 is 5.97 Å². The van der Waals surface area contributed by atoms with E-state index in [1.165, 1.54) is 0 Å². The van der Waals surface area contributed by atoms with Crippen molar-refractivity contribution in [3.63, 3.8) is 0 Å². The van der Waals surface area contributed by atoms with Gasteiger partial charge in [0.15, 0.2) is 0 Å². The molecule has 5 nitrogen and oxygen atoms in total. The number of rotatable bonds is 2. The van der Waals surface area contributed by atoms with Gasteiger partial charge in [-0.15, -0.1) is 0 Å². The molecule has 0 radical (unpaired) electrons. The highest BCUT2D eigenvalue weighted by molar-refractivity contribution is 9.10. The van der Waals surface area contributed by atoms with Crippen molar-refractivity contribution in [1.29, 1.82) is 0 Å². The second-order valence-electron chi connectivity index (χ2n) is 7.89. The molecule has 0 fully saturated rings. The van der Waals surface area contributed by atoms with Gasteiger partial charge in [0, 0.05) is 10.2 Å². The van der Waals surface area contributed by atoms with E-state index in [1.807, 2.05) is 80.8 Å². The number of anilines is 1. The SMILES string of the molecule is CC1=C(C(=O)OC(C)(C)C)C(c2ccc(Br)cc2)Nc2nc3ccccc3n21. The lowest BCUT2D eigenvalue weighted by Crippen LogP contribution is -2.32. The third-order valence-electron chi connectivity index (χ3n) is 4.67. The number of para-hydroxylation sites is 2. The fourth-order valence-electron chi connectivity index (χ4n) is 3.50. The molecule has 28 heavy (non-hydrogen) atoms. The summed E-state index contributed by atoms with van der Waals surface area (Å²) >= 11 is 3.47. The zero-order valence-electron chi connectivity index (χ0n) is 16.3. The van der Waals surface area contributed by atoms with Crippen LogP contribution in [0.4, 0.5) is 5.95 Å². The van der Waals surface area contributed by atoms with Crippen molar-refractivity contribution in [2.24, 2.45) is 0 Å². The summed E-state index contributed by atoms with van der Waals surface area (Å²) < 4.78 is 8.72. The monoisotopic (exact) mass is 439 g/mol. The van der Waals surface area contributed by atoms with Crippen molar-refractivity contribution in [2.45, 2.75) is 39.3 Å². The summed E-state index contributed by atoms with van der Waals surface area (Å²) in [6.45, 7) is 7.58. The lowest BCUT2D eigenvalue weighted by Gasteiger charge is -2.31. The van der Waals surface area contributed by atoms with Crippen LogP contribution in [-0.4, -0.2) is 21.1 Å². The molecule has 0 amide bonds. The molecule has 3 aromatic rings. The Labute approximate surface area is 172 Å². The third-order valence-corrected chi connectivity index (χ3v) is 5.20. The van der Waals surface area contributed by atoms with Gasteiger partial charge in [0.2, 0.25) is 5.95 Å². The Morgan fingerprint density at radius 3 is 2.50 bits per heavy atom. The van der Waals surface area contributed by atoms with E-state index in [9.17, 15) is 4.79 Å². The summed E-state index contributed by atoms with van der Waals surface area (Å²) in [6, 6.07) is 15.5. The molecule has 2 aromatic carbocycles. The summed E-state index contributed by atoms with van der Waals surface area (Å²) in [4.78, 5) is 17.9. The van der Waals surface area contributed by atoms with E-state index < -0.39 is 5.60 Å². The van der Waals surface area contributed by atoms with Gasteiger partial charge in [0.1, 0.15) is 5.60 Å². The molecule has 2 heterocycles. The Kier molecular flexibility index (Phi) is 4.54. The van der Waals surface area contributed by atoms with Crippen molar-refractivity contribution in [3.05, 3.63) is 64.1 Å². The van der Waals surface area contributed by atoms with Gasteiger partial charge < -0.3 is 10.1 Å². The molecule has 0 aliphatic carbocycles. The zero-order valence-corrected chi connectivity index (χ0v) is 17.9. The molecule has 1 aliphatic heterocycles. The maximum atomic E-state index is 13.2. The molecular formula is C22H22BrN3O2. The van der Waals surface area contributed by atoms with Crippen molar-refractivity contribution < 1.29 is 9.53 Å². The smallest absolute Gasteiger partial charge is 0.338 e. The van der Waals surface area contributed by atoms with Gasteiger partial charge in [-0.05, 0) is 57.5 Å². The highest BCUT2D eigenvalue weighted by atomic mass is 79.9. The van der Waals surface area contributed by atoms with E-state index in [1.54, 1.807) is 0 Å². The number of carbonyl (C=O) groups is 1. The molecule has 0 bridgehead atoms. The molecule has 1 aromatic heterocycles. The first kappa shape index (κ1) is 18.7. The van der Waals surface area contributed by atoms with Crippen molar-refractivity contribution in [2.75, 3.05) is 5.32 Å². The molecule has 144 valence electrons. The lowest BCUT2D eigenvalue weighted by atomic mass is 9.95. The molecule has 1 N–H and O–H groups in total. The first-order chi connectivity index (χ1) is 13.2. The largest absolute Gasteiger partial charge is 0.456 e. The van der Waals surface area contributed by atoms with Gasteiger partial charge in [-0.3, -0.25) is 4.57 Å². The number of imidazole rings is 1. The topological polar surface area (TPSA) is 56.1 Å². The number of esters is 1. The standard InChI is InChI=1S/C22H22BrN3O2/c1-13-18(20(27)28-22(2,3)4)19(14-9-11-15(23)12-10-14)25-21-24-16-7-5-6-8-17(16)26(13)21/h5-12,19H,1-4H3,(H,24,25). The number of nitrogens with one attached hydrogen (secondary N) is 1. The van der Waals surface area contributed by atoms with E-state index in [0.29, 0.717) is 5.57 Å².